The number of methoxy groups -OCH3 is 3. The van der Waals surface area contributed by atoms with Crippen molar-refractivity contribution in [1.82, 2.24) is 4.90 Å². The fraction of sp³-hybridized carbons (Fsp3) is 0.174. The molecule has 0 radical (unpaired) electrons. The summed E-state index contributed by atoms with van der Waals surface area (Å²) in [4.78, 5) is 38.8. The molecule has 1 N–H and O–H groups in total. The highest BCUT2D eigenvalue weighted by Gasteiger charge is 2.35. The molecule has 0 aliphatic carbocycles. The van der Waals surface area contributed by atoms with Crippen LogP contribution in [-0.2, 0) is 11.3 Å². The van der Waals surface area contributed by atoms with Crippen LogP contribution in [0.1, 0.15) is 11.1 Å². The first kappa shape index (κ1) is 22.3. The summed E-state index contributed by atoms with van der Waals surface area (Å²) in [6.45, 7) is -0.121. The molecule has 4 rings (SSSR count). The van der Waals surface area contributed by atoms with Crippen molar-refractivity contribution < 1.29 is 33.3 Å². The number of carbonyl (C=O) groups is 2. The molecule has 0 spiro atoms. The maximum Gasteiger partial charge on any atom is 0.336 e. The number of phenolic OH excluding ortho intramolecular Hbond substituents is 1. The van der Waals surface area contributed by atoms with Gasteiger partial charge in [-0.25, -0.2) is 4.79 Å². The molecule has 2 aromatic carbocycles. The number of phenols is 1. The van der Waals surface area contributed by atoms with E-state index in [-0.39, 0.29) is 22.8 Å². The number of thioether (sulfide) groups is 1. The topological polar surface area (TPSA) is 116 Å². The van der Waals surface area contributed by atoms with E-state index in [1.165, 1.54) is 39.5 Å². The predicted octanol–water partition coefficient (Wildman–Crippen LogP) is 3.76. The number of hydrogen-bond donors (Lipinski definition) is 1. The van der Waals surface area contributed by atoms with Crippen LogP contribution in [0, 0.1) is 0 Å². The molecule has 10 heteroatoms. The van der Waals surface area contributed by atoms with E-state index >= 15 is 0 Å². The number of aromatic hydroxyl groups is 1. The van der Waals surface area contributed by atoms with Gasteiger partial charge >= 0.3 is 5.63 Å². The Hall–Kier alpha value is -3.92. The third-order valence-electron chi connectivity index (χ3n) is 5.00. The molecule has 1 aliphatic rings. The summed E-state index contributed by atoms with van der Waals surface area (Å²) in [7, 11) is 4.45. The average molecular weight is 469 g/mol. The third kappa shape index (κ3) is 4.24. The lowest BCUT2D eigenvalue weighted by Gasteiger charge is -2.14. The first-order valence-corrected chi connectivity index (χ1v) is 10.5. The third-order valence-corrected chi connectivity index (χ3v) is 5.91. The molecular formula is C23H19NO8S. The fourth-order valence-corrected chi connectivity index (χ4v) is 4.33. The quantitative estimate of drug-likeness (QED) is 0.425. The largest absolute Gasteiger partial charge is 0.508 e. The van der Waals surface area contributed by atoms with Crippen molar-refractivity contribution in [3.8, 4) is 23.0 Å². The number of fused-ring (bicyclic) bond motifs is 1. The molecule has 3 aromatic rings. The Kier molecular flexibility index (Phi) is 6.01. The molecule has 0 saturated carbocycles. The molecule has 1 fully saturated rings. The van der Waals surface area contributed by atoms with Gasteiger partial charge < -0.3 is 23.7 Å². The van der Waals surface area contributed by atoms with Crippen LogP contribution < -0.4 is 19.8 Å². The lowest BCUT2D eigenvalue weighted by atomic mass is 10.1. The van der Waals surface area contributed by atoms with Gasteiger partial charge in [-0.15, -0.1) is 0 Å². The van der Waals surface area contributed by atoms with E-state index in [4.69, 9.17) is 18.6 Å². The predicted molar refractivity (Wildman–Crippen MR) is 122 cm³/mol. The van der Waals surface area contributed by atoms with Gasteiger partial charge in [0.2, 0.25) is 5.75 Å². The zero-order valence-corrected chi connectivity index (χ0v) is 18.7. The maximum atomic E-state index is 13.0. The van der Waals surface area contributed by atoms with Crippen molar-refractivity contribution in [2.75, 3.05) is 21.3 Å². The molecule has 1 saturated heterocycles. The monoisotopic (exact) mass is 469 g/mol. The van der Waals surface area contributed by atoms with Crippen molar-refractivity contribution in [2.45, 2.75) is 6.54 Å². The number of benzene rings is 2. The Balaban J connectivity index is 1.68. The van der Waals surface area contributed by atoms with Crippen LogP contribution in [0.3, 0.4) is 0 Å². The molecular weight excluding hydrogens is 450 g/mol. The van der Waals surface area contributed by atoms with Gasteiger partial charge in [0.1, 0.15) is 11.3 Å². The molecule has 2 heterocycles. The van der Waals surface area contributed by atoms with E-state index in [1.807, 2.05) is 0 Å². The minimum absolute atomic E-state index is 0.0674. The number of ether oxygens (including phenoxy) is 3. The highest BCUT2D eigenvalue weighted by Crippen LogP contribution is 2.40. The van der Waals surface area contributed by atoms with E-state index < -0.39 is 16.8 Å². The van der Waals surface area contributed by atoms with Gasteiger partial charge in [-0.1, -0.05) is 0 Å². The van der Waals surface area contributed by atoms with Crippen molar-refractivity contribution in [2.24, 2.45) is 0 Å². The number of carbonyl (C=O) groups excluding carboxylic acids is 2. The number of hydrogen-bond acceptors (Lipinski definition) is 9. The Morgan fingerprint density at radius 3 is 2.33 bits per heavy atom. The van der Waals surface area contributed by atoms with Crippen LogP contribution in [-0.4, -0.2) is 42.5 Å². The van der Waals surface area contributed by atoms with Crippen LogP contribution in [0.25, 0.3) is 17.0 Å². The van der Waals surface area contributed by atoms with Gasteiger partial charge in [0.05, 0.1) is 32.8 Å². The SMILES string of the molecule is COc1cc(/C=C2\SC(=O)N(Cc3cc(=O)oc4cc(O)ccc34)C2=O)cc(OC)c1OC. The standard InChI is InChI=1S/C23H19NO8S/c1-29-17-6-12(7-18(30-2)21(17)31-3)8-19-22(27)24(23(28)33-19)11-13-9-20(26)32-16-10-14(25)4-5-15(13)16/h4-10,25H,11H2,1-3H3/b19-8-. The van der Waals surface area contributed by atoms with Crippen molar-refractivity contribution >= 4 is 40.0 Å². The number of imide groups is 1. The van der Waals surface area contributed by atoms with Crippen LogP contribution in [0.2, 0.25) is 0 Å². The van der Waals surface area contributed by atoms with Crippen molar-refractivity contribution in [1.29, 1.82) is 0 Å². The second kappa shape index (κ2) is 8.91. The lowest BCUT2D eigenvalue weighted by Crippen LogP contribution is -2.28. The number of rotatable bonds is 6. The van der Waals surface area contributed by atoms with E-state index in [0.717, 1.165) is 16.7 Å². The molecule has 0 unspecified atom stereocenters. The molecule has 33 heavy (non-hydrogen) atoms. The number of nitrogens with zero attached hydrogens (tertiary/aromatic N) is 1. The highest BCUT2D eigenvalue weighted by atomic mass is 32.2. The summed E-state index contributed by atoms with van der Waals surface area (Å²) in [6.07, 6.45) is 1.56. The summed E-state index contributed by atoms with van der Waals surface area (Å²) >= 11 is 0.789. The highest BCUT2D eigenvalue weighted by molar-refractivity contribution is 8.18. The molecule has 0 bridgehead atoms. The van der Waals surface area contributed by atoms with E-state index in [1.54, 1.807) is 24.3 Å². The molecule has 9 nitrogen and oxygen atoms in total. The second-order valence-electron chi connectivity index (χ2n) is 7.00. The van der Waals surface area contributed by atoms with E-state index in [9.17, 15) is 19.5 Å². The van der Waals surface area contributed by atoms with Crippen LogP contribution in [0.15, 0.2) is 50.5 Å². The lowest BCUT2D eigenvalue weighted by molar-refractivity contribution is -0.123. The zero-order valence-electron chi connectivity index (χ0n) is 17.9. The summed E-state index contributed by atoms with van der Waals surface area (Å²) in [5.41, 5.74) is 0.523. The molecule has 2 amide bonds. The minimum Gasteiger partial charge on any atom is -0.508 e. The molecule has 170 valence electrons. The Morgan fingerprint density at radius 1 is 1.00 bits per heavy atom. The van der Waals surface area contributed by atoms with Crippen LogP contribution >= 0.6 is 11.8 Å². The van der Waals surface area contributed by atoms with Gasteiger partial charge in [0.15, 0.2) is 11.5 Å². The maximum absolute atomic E-state index is 13.0. The van der Waals surface area contributed by atoms with Crippen LogP contribution in [0.5, 0.6) is 23.0 Å². The van der Waals surface area contributed by atoms with Crippen LogP contribution in [0.4, 0.5) is 4.79 Å². The smallest absolute Gasteiger partial charge is 0.336 e. The van der Waals surface area contributed by atoms with Gasteiger partial charge in [0, 0.05) is 17.5 Å². The summed E-state index contributed by atoms with van der Waals surface area (Å²) in [5, 5.41) is 9.69. The Morgan fingerprint density at radius 2 is 1.70 bits per heavy atom. The number of amides is 2. The minimum atomic E-state index is -0.650. The average Bonchev–Trinajstić information content (AvgIpc) is 3.05. The summed E-state index contributed by atoms with van der Waals surface area (Å²) in [6, 6.07) is 8.86. The first-order valence-electron chi connectivity index (χ1n) is 9.65. The zero-order chi connectivity index (χ0) is 23.7. The van der Waals surface area contributed by atoms with Crippen molar-refractivity contribution in [3.05, 3.63) is 62.9 Å². The summed E-state index contributed by atoms with van der Waals surface area (Å²) < 4.78 is 21.1. The Labute approximate surface area is 192 Å². The van der Waals surface area contributed by atoms with Gasteiger partial charge in [-0.3, -0.25) is 14.5 Å². The van der Waals surface area contributed by atoms with Gasteiger partial charge in [0.25, 0.3) is 11.1 Å². The van der Waals surface area contributed by atoms with Crippen molar-refractivity contribution in [3.63, 3.8) is 0 Å². The van der Waals surface area contributed by atoms with E-state index in [2.05, 4.69) is 0 Å². The fourth-order valence-electron chi connectivity index (χ4n) is 3.49. The van der Waals surface area contributed by atoms with Gasteiger partial charge in [-0.2, -0.15) is 0 Å². The van der Waals surface area contributed by atoms with Gasteiger partial charge in [-0.05, 0) is 53.2 Å². The summed E-state index contributed by atoms with van der Waals surface area (Å²) in [5.74, 6) is 0.661. The first-order chi connectivity index (χ1) is 15.8. The normalized spacial score (nSPS) is 14.9. The molecule has 0 atom stereocenters. The second-order valence-corrected chi connectivity index (χ2v) is 7.99. The molecule has 1 aliphatic heterocycles. The van der Waals surface area contributed by atoms with E-state index in [0.29, 0.717) is 33.8 Å². The Bertz CT molecular complexity index is 1340. The molecule has 1 aromatic heterocycles.